The minimum absolute atomic E-state index is 0.120. The van der Waals surface area contributed by atoms with Crippen LogP contribution in [0.3, 0.4) is 0 Å². The van der Waals surface area contributed by atoms with Crippen molar-refractivity contribution in [3.8, 4) is 0 Å². The van der Waals surface area contributed by atoms with Gasteiger partial charge in [-0.3, -0.25) is 9.79 Å². The summed E-state index contributed by atoms with van der Waals surface area (Å²) in [7, 11) is 1.93. The van der Waals surface area contributed by atoms with Crippen molar-refractivity contribution in [2.24, 2.45) is 10.7 Å². The molecule has 1 fully saturated rings. The van der Waals surface area contributed by atoms with Crippen LogP contribution < -0.4 is 5.73 Å². The van der Waals surface area contributed by atoms with Crippen molar-refractivity contribution in [3.63, 3.8) is 0 Å². The Morgan fingerprint density at radius 3 is 2.50 bits per heavy atom. The summed E-state index contributed by atoms with van der Waals surface area (Å²) in [5.74, 6) is 0.785. The van der Waals surface area contributed by atoms with Gasteiger partial charge in [-0.25, -0.2) is 0 Å². The van der Waals surface area contributed by atoms with Crippen molar-refractivity contribution in [1.29, 1.82) is 0 Å². The highest BCUT2D eigenvalue weighted by Crippen LogP contribution is 2.15. The fourth-order valence-corrected chi connectivity index (χ4v) is 2.27. The summed E-state index contributed by atoms with van der Waals surface area (Å²) < 4.78 is 0. The quantitative estimate of drug-likeness (QED) is 0.873. The van der Waals surface area contributed by atoms with E-state index in [1.807, 2.05) is 41.1 Å². The molecule has 3 rings (SSSR count). The number of nitrogens with zero attached hydrogens (tertiary/aromatic N) is 3. The van der Waals surface area contributed by atoms with Crippen LogP contribution in [-0.2, 0) is 0 Å². The van der Waals surface area contributed by atoms with Crippen LogP contribution in [0.15, 0.2) is 41.3 Å². The average molecular weight is 270 g/mol. The van der Waals surface area contributed by atoms with E-state index < -0.39 is 0 Å². The Morgan fingerprint density at radius 1 is 1.25 bits per heavy atom. The molecule has 2 N–H and O–H groups in total. The van der Waals surface area contributed by atoms with Crippen molar-refractivity contribution in [2.45, 2.75) is 6.42 Å². The maximum Gasteiger partial charge on any atom is 0.253 e. The highest BCUT2D eigenvalue weighted by Gasteiger charge is 2.21. The summed E-state index contributed by atoms with van der Waals surface area (Å²) in [6, 6.07) is 7.66. The molecule has 0 aliphatic carbocycles. The first-order valence-electron chi connectivity index (χ1n) is 6.78. The fourth-order valence-electron chi connectivity index (χ4n) is 2.27. The normalized spacial score (nSPS) is 18.2. The summed E-state index contributed by atoms with van der Waals surface area (Å²) >= 11 is 0. The number of hydrogen-bond donors (Lipinski definition) is 1. The number of carbonyl (C=O) groups is 1. The van der Waals surface area contributed by atoms with Crippen LogP contribution in [0.5, 0.6) is 0 Å². The molecule has 1 aromatic carbocycles. The lowest BCUT2D eigenvalue weighted by Crippen LogP contribution is -2.42. The molecule has 0 radical (unpaired) electrons. The molecule has 1 aromatic rings. The Bertz CT molecular complexity index is 584. The number of amides is 1. The zero-order valence-corrected chi connectivity index (χ0v) is 11.5. The Kier molecular flexibility index (Phi) is 3.18. The zero-order valence-electron chi connectivity index (χ0n) is 11.5. The van der Waals surface area contributed by atoms with Crippen LogP contribution in [0.4, 0.5) is 0 Å². The number of likely N-dealkylation sites (N-methyl/N-ethyl adjacent to an activating group) is 1. The SMILES string of the molecule is CN1CC(c2ccc(C(=O)N3CCC3)cc2)=NC=C1N. The monoisotopic (exact) mass is 270 g/mol. The molecular formula is C15H18N4O. The van der Waals surface area contributed by atoms with E-state index in [1.165, 1.54) is 0 Å². The van der Waals surface area contributed by atoms with Crippen LogP contribution in [0.1, 0.15) is 22.3 Å². The topological polar surface area (TPSA) is 61.9 Å². The average Bonchev–Trinajstić information content (AvgIpc) is 2.40. The van der Waals surface area contributed by atoms with Gasteiger partial charge in [0.2, 0.25) is 0 Å². The van der Waals surface area contributed by atoms with Gasteiger partial charge >= 0.3 is 0 Å². The predicted octanol–water partition coefficient (Wildman–Crippen LogP) is 1.02. The van der Waals surface area contributed by atoms with Crippen LogP contribution in [0.25, 0.3) is 0 Å². The first-order chi connectivity index (χ1) is 9.65. The van der Waals surface area contributed by atoms with Gasteiger partial charge < -0.3 is 15.5 Å². The van der Waals surface area contributed by atoms with Crippen LogP contribution in [0, 0.1) is 0 Å². The second-order valence-electron chi connectivity index (χ2n) is 5.21. The highest BCUT2D eigenvalue weighted by molar-refractivity contribution is 6.04. The maximum absolute atomic E-state index is 12.1. The molecule has 0 spiro atoms. The summed E-state index contributed by atoms with van der Waals surface area (Å²) in [6.07, 6.45) is 2.78. The second kappa shape index (κ2) is 5.00. The van der Waals surface area contributed by atoms with Gasteiger partial charge in [0.1, 0.15) is 5.82 Å². The molecule has 1 saturated heterocycles. The first kappa shape index (κ1) is 12.7. The van der Waals surface area contributed by atoms with Crippen molar-refractivity contribution < 1.29 is 4.79 Å². The molecule has 0 atom stereocenters. The number of likely N-dealkylation sites (tertiary alicyclic amines) is 1. The van der Waals surface area contributed by atoms with E-state index in [4.69, 9.17) is 5.73 Å². The molecule has 0 saturated carbocycles. The number of benzene rings is 1. The Labute approximate surface area is 118 Å². The van der Waals surface area contributed by atoms with E-state index in [9.17, 15) is 4.79 Å². The molecule has 20 heavy (non-hydrogen) atoms. The zero-order chi connectivity index (χ0) is 14.1. The van der Waals surface area contributed by atoms with E-state index in [2.05, 4.69) is 4.99 Å². The summed E-state index contributed by atoms with van der Waals surface area (Å²) in [5, 5.41) is 0. The van der Waals surface area contributed by atoms with Gasteiger partial charge in [0.25, 0.3) is 5.91 Å². The minimum atomic E-state index is 0.120. The van der Waals surface area contributed by atoms with Crippen molar-refractivity contribution in [2.75, 3.05) is 26.7 Å². The van der Waals surface area contributed by atoms with Gasteiger partial charge in [-0.05, 0) is 24.1 Å². The van der Waals surface area contributed by atoms with Gasteiger partial charge in [-0.15, -0.1) is 0 Å². The van der Waals surface area contributed by atoms with Crippen molar-refractivity contribution >= 4 is 11.6 Å². The van der Waals surface area contributed by atoms with Gasteiger partial charge in [-0.2, -0.15) is 0 Å². The second-order valence-corrected chi connectivity index (χ2v) is 5.21. The fraction of sp³-hybridized carbons (Fsp3) is 0.333. The standard InChI is InChI=1S/C15H18N4O/c1-18-10-13(17-9-14(18)16)11-3-5-12(6-4-11)15(20)19-7-2-8-19/h3-6,9H,2,7-8,10,16H2,1H3. The molecule has 0 bridgehead atoms. The summed E-state index contributed by atoms with van der Waals surface area (Å²) in [6.45, 7) is 2.44. The predicted molar refractivity (Wildman–Crippen MR) is 78.4 cm³/mol. The Hall–Kier alpha value is -2.30. The number of rotatable bonds is 2. The molecule has 104 valence electrons. The van der Waals surface area contributed by atoms with Crippen molar-refractivity contribution in [3.05, 3.63) is 47.4 Å². The largest absolute Gasteiger partial charge is 0.384 e. The third-order valence-electron chi connectivity index (χ3n) is 3.79. The molecule has 2 heterocycles. The minimum Gasteiger partial charge on any atom is -0.384 e. The summed E-state index contributed by atoms with van der Waals surface area (Å²) in [5.41, 5.74) is 8.50. The summed E-state index contributed by atoms with van der Waals surface area (Å²) in [4.78, 5) is 20.2. The number of nitrogens with two attached hydrogens (primary N) is 1. The van der Waals surface area contributed by atoms with Gasteiger partial charge in [0.05, 0.1) is 18.5 Å². The molecule has 0 aromatic heterocycles. The van der Waals surface area contributed by atoms with E-state index in [0.717, 1.165) is 36.3 Å². The van der Waals surface area contributed by atoms with Crippen LogP contribution in [-0.4, -0.2) is 48.1 Å². The van der Waals surface area contributed by atoms with E-state index in [0.29, 0.717) is 12.4 Å². The molecule has 1 amide bonds. The third kappa shape index (κ3) is 2.27. The lowest BCUT2D eigenvalue weighted by Gasteiger charge is -2.31. The van der Waals surface area contributed by atoms with Gasteiger partial charge in [0.15, 0.2) is 0 Å². The lowest BCUT2D eigenvalue weighted by molar-refractivity contribution is 0.0652. The molecular weight excluding hydrogens is 252 g/mol. The Balaban J connectivity index is 1.78. The number of carbonyl (C=O) groups excluding carboxylic acids is 1. The van der Waals surface area contributed by atoms with Crippen LogP contribution in [0.2, 0.25) is 0 Å². The molecule has 5 nitrogen and oxygen atoms in total. The lowest BCUT2D eigenvalue weighted by atomic mass is 10.0. The Morgan fingerprint density at radius 2 is 1.95 bits per heavy atom. The van der Waals surface area contributed by atoms with Gasteiger partial charge in [0, 0.05) is 25.7 Å². The molecule has 2 aliphatic heterocycles. The number of aliphatic imine (C=N–C) groups is 1. The molecule has 5 heteroatoms. The highest BCUT2D eigenvalue weighted by atomic mass is 16.2. The smallest absolute Gasteiger partial charge is 0.253 e. The maximum atomic E-state index is 12.1. The number of hydrogen-bond acceptors (Lipinski definition) is 4. The molecule has 0 unspecified atom stereocenters. The van der Waals surface area contributed by atoms with Crippen LogP contribution >= 0.6 is 0 Å². The van der Waals surface area contributed by atoms with E-state index in [1.54, 1.807) is 6.20 Å². The third-order valence-corrected chi connectivity index (χ3v) is 3.79. The first-order valence-corrected chi connectivity index (χ1v) is 6.78. The van der Waals surface area contributed by atoms with Gasteiger partial charge in [-0.1, -0.05) is 12.1 Å². The van der Waals surface area contributed by atoms with E-state index in [-0.39, 0.29) is 5.91 Å². The van der Waals surface area contributed by atoms with Crippen molar-refractivity contribution in [1.82, 2.24) is 9.80 Å². The van der Waals surface area contributed by atoms with E-state index >= 15 is 0 Å². The molecule has 2 aliphatic rings.